The van der Waals surface area contributed by atoms with Gasteiger partial charge in [-0.3, -0.25) is 9.59 Å². The minimum atomic E-state index is -0.263. The Labute approximate surface area is 129 Å². The van der Waals surface area contributed by atoms with Gasteiger partial charge in [-0.2, -0.15) is 0 Å². The average Bonchev–Trinajstić information content (AvgIpc) is 2.80. The molecule has 3 aliphatic rings. The fourth-order valence-corrected chi connectivity index (χ4v) is 3.46. The Hall–Kier alpha value is -1.91. The fraction of sp³-hybridized carbons (Fsp3) is 0.529. The number of amides is 2. The van der Waals surface area contributed by atoms with Gasteiger partial charge < -0.3 is 9.80 Å². The summed E-state index contributed by atoms with van der Waals surface area (Å²) >= 11 is 0. The van der Waals surface area contributed by atoms with Gasteiger partial charge in [-0.25, -0.2) is 4.39 Å². The predicted molar refractivity (Wildman–Crippen MR) is 80.6 cm³/mol. The largest absolute Gasteiger partial charge is 0.341 e. The van der Waals surface area contributed by atoms with E-state index in [-0.39, 0.29) is 36.0 Å². The molecule has 118 valence electrons. The molecule has 0 saturated carbocycles. The number of halogens is 1. The lowest BCUT2D eigenvalue weighted by Crippen LogP contribution is -2.45. The molecular weight excluding hydrogens is 283 g/mol. The molecular formula is C17H21FN2O2. The van der Waals surface area contributed by atoms with Crippen molar-refractivity contribution in [1.29, 1.82) is 0 Å². The molecule has 0 radical (unpaired) electrons. The number of nitrogens with zero attached hydrogens (tertiary/aromatic N) is 2. The van der Waals surface area contributed by atoms with Crippen LogP contribution in [0.5, 0.6) is 0 Å². The van der Waals surface area contributed by atoms with E-state index in [4.69, 9.17) is 0 Å². The van der Waals surface area contributed by atoms with Gasteiger partial charge in [-0.15, -0.1) is 0 Å². The topological polar surface area (TPSA) is 40.6 Å². The highest BCUT2D eigenvalue weighted by Gasteiger charge is 2.39. The number of piperidine rings is 1. The first-order chi connectivity index (χ1) is 10.6. The highest BCUT2D eigenvalue weighted by molar-refractivity contribution is 5.83. The second-order valence-corrected chi connectivity index (χ2v) is 6.27. The van der Waals surface area contributed by atoms with Crippen molar-refractivity contribution in [3.05, 3.63) is 35.6 Å². The van der Waals surface area contributed by atoms with E-state index in [9.17, 15) is 14.0 Å². The number of hydrogen-bond donors (Lipinski definition) is 0. The highest BCUT2D eigenvalue weighted by Crippen LogP contribution is 2.28. The van der Waals surface area contributed by atoms with Gasteiger partial charge in [0.05, 0.1) is 5.92 Å². The molecule has 0 unspecified atom stereocenters. The molecule has 22 heavy (non-hydrogen) atoms. The summed E-state index contributed by atoms with van der Waals surface area (Å²) in [6.07, 6.45) is 2.52. The second kappa shape index (κ2) is 6.07. The van der Waals surface area contributed by atoms with Gasteiger partial charge in [0, 0.05) is 32.6 Å². The maximum atomic E-state index is 13.6. The summed E-state index contributed by atoms with van der Waals surface area (Å²) in [5.74, 6) is -0.161. The monoisotopic (exact) mass is 304 g/mol. The van der Waals surface area contributed by atoms with Gasteiger partial charge >= 0.3 is 0 Å². The predicted octanol–water partition coefficient (Wildman–Crippen LogP) is 1.84. The van der Waals surface area contributed by atoms with Gasteiger partial charge in [0.25, 0.3) is 0 Å². The SMILES string of the molecule is CN1C(=O)[C@@H]2CC[C@H]1CN(C(=O)CCc1ccccc1F)C2. The quantitative estimate of drug-likeness (QED) is 0.855. The first-order valence-electron chi connectivity index (χ1n) is 7.84. The van der Waals surface area contributed by atoms with Crippen LogP contribution in [0.4, 0.5) is 4.39 Å². The van der Waals surface area contributed by atoms with E-state index in [0.717, 1.165) is 12.8 Å². The van der Waals surface area contributed by atoms with Crippen LogP contribution in [-0.4, -0.2) is 47.8 Å². The molecule has 2 atom stereocenters. The van der Waals surface area contributed by atoms with Crippen molar-refractivity contribution in [2.75, 3.05) is 20.1 Å². The first kappa shape index (κ1) is 15.0. The minimum absolute atomic E-state index is 0.0169. The normalized spacial score (nSPS) is 24.5. The van der Waals surface area contributed by atoms with Crippen LogP contribution in [0.3, 0.4) is 0 Å². The minimum Gasteiger partial charge on any atom is -0.341 e. The molecule has 4 nitrogen and oxygen atoms in total. The van der Waals surface area contributed by atoms with E-state index in [0.29, 0.717) is 25.1 Å². The number of carbonyl (C=O) groups is 2. The van der Waals surface area contributed by atoms with Crippen molar-refractivity contribution >= 4 is 11.8 Å². The molecule has 3 aliphatic heterocycles. The smallest absolute Gasteiger partial charge is 0.227 e. The van der Waals surface area contributed by atoms with Gasteiger partial charge in [-0.05, 0) is 30.9 Å². The standard InChI is InChI=1S/C17H21FN2O2/c1-19-14-8-6-13(17(19)22)10-20(11-14)16(21)9-7-12-4-2-3-5-15(12)18/h2-5,13-14H,6-11H2,1H3/t13-,14+/m1/s1. The van der Waals surface area contributed by atoms with E-state index in [1.807, 2.05) is 7.05 Å². The molecule has 0 aliphatic carbocycles. The van der Waals surface area contributed by atoms with Gasteiger partial charge in [0.1, 0.15) is 5.82 Å². The van der Waals surface area contributed by atoms with Crippen LogP contribution >= 0.6 is 0 Å². The third-order valence-corrected chi connectivity index (χ3v) is 4.88. The highest BCUT2D eigenvalue weighted by atomic mass is 19.1. The van der Waals surface area contributed by atoms with Crippen molar-refractivity contribution in [3.8, 4) is 0 Å². The van der Waals surface area contributed by atoms with Crippen LogP contribution in [0.15, 0.2) is 24.3 Å². The molecule has 5 heteroatoms. The van der Waals surface area contributed by atoms with Crippen molar-refractivity contribution in [1.82, 2.24) is 9.80 Å². The zero-order valence-corrected chi connectivity index (χ0v) is 12.8. The molecule has 2 bridgehead atoms. The molecule has 1 aromatic rings. The number of aryl methyl sites for hydroxylation is 1. The number of benzene rings is 1. The van der Waals surface area contributed by atoms with Gasteiger partial charge in [0.15, 0.2) is 0 Å². The van der Waals surface area contributed by atoms with E-state index >= 15 is 0 Å². The summed E-state index contributed by atoms with van der Waals surface area (Å²) in [4.78, 5) is 28.2. The van der Waals surface area contributed by atoms with Crippen LogP contribution in [0.25, 0.3) is 0 Å². The average molecular weight is 304 g/mol. The van der Waals surface area contributed by atoms with Crippen molar-refractivity contribution in [2.24, 2.45) is 5.92 Å². The second-order valence-electron chi connectivity index (χ2n) is 6.27. The first-order valence-corrected chi connectivity index (χ1v) is 7.84. The summed E-state index contributed by atoms with van der Waals surface area (Å²) in [5, 5.41) is 0. The Morgan fingerprint density at radius 1 is 1.27 bits per heavy atom. The lowest BCUT2D eigenvalue weighted by atomic mass is 9.95. The molecule has 1 aromatic carbocycles. The van der Waals surface area contributed by atoms with E-state index in [1.165, 1.54) is 6.07 Å². The third-order valence-electron chi connectivity index (χ3n) is 4.88. The Bertz CT molecular complexity index is 590. The maximum absolute atomic E-state index is 13.6. The van der Waals surface area contributed by atoms with E-state index in [2.05, 4.69) is 0 Å². The third kappa shape index (κ3) is 2.85. The van der Waals surface area contributed by atoms with Gasteiger partial charge in [0.2, 0.25) is 11.8 Å². The summed E-state index contributed by atoms with van der Waals surface area (Å²) in [6, 6.07) is 6.69. The molecule has 3 fully saturated rings. The molecule has 0 aromatic heterocycles. The van der Waals surface area contributed by atoms with Crippen LogP contribution in [0.2, 0.25) is 0 Å². The van der Waals surface area contributed by atoms with E-state index < -0.39 is 0 Å². The van der Waals surface area contributed by atoms with Crippen LogP contribution in [0.1, 0.15) is 24.8 Å². The summed E-state index contributed by atoms with van der Waals surface area (Å²) < 4.78 is 13.6. The Balaban J connectivity index is 1.63. The van der Waals surface area contributed by atoms with Crippen LogP contribution < -0.4 is 0 Å². The molecule has 2 amide bonds. The molecule has 0 N–H and O–H groups in total. The zero-order chi connectivity index (χ0) is 15.7. The summed E-state index contributed by atoms with van der Waals surface area (Å²) in [7, 11) is 1.83. The Kier molecular flexibility index (Phi) is 4.14. The number of hydrogen-bond acceptors (Lipinski definition) is 2. The van der Waals surface area contributed by atoms with Crippen LogP contribution in [-0.2, 0) is 16.0 Å². The summed E-state index contributed by atoms with van der Waals surface area (Å²) in [6.45, 7) is 1.12. The fourth-order valence-electron chi connectivity index (χ4n) is 3.46. The van der Waals surface area contributed by atoms with Crippen LogP contribution in [0, 0.1) is 11.7 Å². The molecule has 4 rings (SSSR count). The van der Waals surface area contributed by atoms with Crippen molar-refractivity contribution < 1.29 is 14.0 Å². The Morgan fingerprint density at radius 3 is 2.82 bits per heavy atom. The lowest BCUT2D eigenvalue weighted by Gasteiger charge is -2.32. The zero-order valence-electron chi connectivity index (χ0n) is 12.8. The molecule has 3 saturated heterocycles. The molecule has 3 heterocycles. The van der Waals surface area contributed by atoms with Crippen molar-refractivity contribution in [3.63, 3.8) is 0 Å². The lowest BCUT2D eigenvalue weighted by molar-refractivity contribution is -0.138. The number of fused-ring (bicyclic) bond motifs is 4. The van der Waals surface area contributed by atoms with Crippen molar-refractivity contribution in [2.45, 2.75) is 31.7 Å². The summed E-state index contributed by atoms with van der Waals surface area (Å²) in [5.41, 5.74) is 0.571. The number of likely N-dealkylation sites (N-methyl/N-ethyl adjacent to an activating group) is 1. The maximum Gasteiger partial charge on any atom is 0.227 e. The van der Waals surface area contributed by atoms with Gasteiger partial charge in [-0.1, -0.05) is 18.2 Å². The Morgan fingerprint density at radius 2 is 2.05 bits per heavy atom. The number of rotatable bonds is 3. The van der Waals surface area contributed by atoms with E-state index in [1.54, 1.807) is 28.0 Å². The number of carbonyl (C=O) groups excluding carboxylic acids is 2. The molecule has 0 spiro atoms.